The molecule has 0 bridgehead atoms. The summed E-state index contributed by atoms with van der Waals surface area (Å²) in [6.07, 6.45) is 6.49. The SMILES string of the molecule is C=C1C=CC(NCc2cc(C)c(F)cc2F)=C(C(=O)O)N1/C=C\C. The molecule has 126 valence electrons. The van der Waals surface area contributed by atoms with Crippen molar-refractivity contribution >= 4 is 5.97 Å². The van der Waals surface area contributed by atoms with Crippen LogP contribution in [0, 0.1) is 18.6 Å². The Morgan fingerprint density at radius 1 is 1.33 bits per heavy atom. The van der Waals surface area contributed by atoms with Crippen LogP contribution in [0.4, 0.5) is 8.78 Å². The maximum absolute atomic E-state index is 13.8. The first-order valence-electron chi connectivity index (χ1n) is 7.30. The number of nitrogens with zero attached hydrogens (tertiary/aromatic N) is 1. The van der Waals surface area contributed by atoms with Gasteiger partial charge in [0.25, 0.3) is 0 Å². The second kappa shape index (κ2) is 7.12. The van der Waals surface area contributed by atoms with Gasteiger partial charge in [-0.2, -0.15) is 0 Å². The zero-order valence-corrected chi connectivity index (χ0v) is 13.4. The number of hydrogen-bond acceptors (Lipinski definition) is 3. The van der Waals surface area contributed by atoms with Crippen molar-refractivity contribution < 1.29 is 18.7 Å². The summed E-state index contributed by atoms with van der Waals surface area (Å²) in [6, 6.07) is 2.22. The number of benzene rings is 1. The number of carbonyl (C=O) groups is 1. The highest BCUT2D eigenvalue weighted by Gasteiger charge is 2.23. The van der Waals surface area contributed by atoms with Crippen LogP contribution in [0.1, 0.15) is 18.1 Å². The van der Waals surface area contributed by atoms with Crippen molar-refractivity contribution in [2.75, 3.05) is 0 Å². The lowest BCUT2D eigenvalue weighted by molar-refractivity contribution is -0.134. The van der Waals surface area contributed by atoms with Crippen LogP contribution >= 0.6 is 0 Å². The van der Waals surface area contributed by atoms with E-state index in [-0.39, 0.29) is 17.8 Å². The van der Waals surface area contributed by atoms with Gasteiger partial charge >= 0.3 is 5.97 Å². The van der Waals surface area contributed by atoms with Crippen LogP contribution in [-0.2, 0) is 11.3 Å². The third kappa shape index (κ3) is 3.53. The number of allylic oxidation sites excluding steroid dienone is 3. The predicted molar refractivity (Wildman–Crippen MR) is 87.5 cm³/mol. The van der Waals surface area contributed by atoms with Crippen LogP contribution in [0.3, 0.4) is 0 Å². The number of carboxylic acid groups (broad SMARTS) is 1. The van der Waals surface area contributed by atoms with Crippen molar-refractivity contribution in [3.05, 3.63) is 83.0 Å². The fraction of sp³-hybridized carbons (Fsp3) is 0.167. The van der Waals surface area contributed by atoms with Gasteiger partial charge in [0.05, 0.1) is 5.70 Å². The Morgan fingerprint density at radius 2 is 2.04 bits per heavy atom. The number of aryl methyl sites for hydroxylation is 1. The van der Waals surface area contributed by atoms with Crippen LogP contribution in [0.5, 0.6) is 0 Å². The summed E-state index contributed by atoms with van der Waals surface area (Å²) in [6.45, 7) is 7.12. The Bertz CT molecular complexity index is 779. The standard InChI is InChI=1S/C18H18F2N2O2/c1-4-7-22-12(3)5-6-16(17(22)18(23)24)21-10-13-8-11(2)14(19)9-15(13)20/h4-9,21H,3,10H2,1-2H3,(H,23,24)/b7-4-. The molecule has 4 nitrogen and oxygen atoms in total. The maximum atomic E-state index is 13.8. The first-order chi connectivity index (χ1) is 11.3. The lowest BCUT2D eigenvalue weighted by Crippen LogP contribution is -2.29. The lowest BCUT2D eigenvalue weighted by atomic mass is 10.1. The number of aliphatic carboxylic acids is 1. The van der Waals surface area contributed by atoms with Gasteiger partial charge in [0.1, 0.15) is 11.6 Å². The molecule has 0 aliphatic carbocycles. The minimum atomic E-state index is -1.14. The molecule has 0 fully saturated rings. The first kappa shape index (κ1) is 17.5. The fourth-order valence-corrected chi connectivity index (χ4v) is 2.34. The number of nitrogens with one attached hydrogen (secondary N) is 1. The molecule has 0 aromatic heterocycles. The van der Waals surface area contributed by atoms with Crippen molar-refractivity contribution in [2.24, 2.45) is 0 Å². The molecule has 6 heteroatoms. The second-order valence-electron chi connectivity index (χ2n) is 5.29. The number of hydrogen-bond donors (Lipinski definition) is 2. The maximum Gasteiger partial charge on any atom is 0.355 e. The van der Waals surface area contributed by atoms with Gasteiger partial charge < -0.3 is 15.3 Å². The first-order valence-corrected chi connectivity index (χ1v) is 7.30. The normalized spacial score (nSPS) is 14.7. The predicted octanol–water partition coefficient (Wildman–Crippen LogP) is 3.58. The van der Waals surface area contributed by atoms with Gasteiger partial charge in [-0.25, -0.2) is 13.6 Å². The van der Waals surface area contributed by atoms with Crippen LogP contribution in [0.25, 0.3) is 0 Å². The Kier molecular flexibility index (Phi) is 5.18. The molecular formula is C18H18F2N2O2. The summed E-state index contributed by atoms with van der Waals surface area (Å²) in [5.41, 5.74) is 1.37. The average molecular weight is 332 g/mol. The van der Waals surface area contributed by atoms with E-state index in [1.807, 2.05) is 0 Å². The third-order valence-electron chi connectivity index (χ3n) is 3.55. The molecule has 0 saturated carbocycles. The molecule has 1 aromatic rings. The van der Waals surface area contributed by atoms with Crippen molar-refractivity contribution in [1.29, 1.82) is 0 Å². The second-order valence-corrected chi connectivity index (χ2v) is 5.29. The van der Waals surface area contributed by atoms with Gasteiger partial charge in [-0.15, -0.1) is 0 Å². The highest BCUT2D eigenvalue weighted by molar-refractivity contribution is 5.88. The molecule has 0 spiro atoms. The molecule has 1 aliphatic heterocycles. The molecule has 2 N–H and O–H groups in total. The van der Waals surface area contributed by atoms with Gasteiger partial charge in [-0.05, 0) is 37.6 Å². The van der Waals surface area contributed by atoms with Crippen LogP contribution in [0.2, 0.25) is 0 Å². The van der Waals surface area contributed by atoms with Gasteiger partial charge in [0.15, 0.2) is 5.70 Å². The quantitative estimate of drug-likeness (QED) is 0.865. The van der Waals surface area contributed by atoms with E-state index in [2.05, 4.69) is 11.9 Å². The summed E-state index contributed by atoms with van der Waals surface area (Å²) in [5, 5.41) is 12.4. The summed E-state index contributed by atoms with van der Waals surface area (Å²) in [4.78, 5) is 13.0. The molecular weight excluding hydrogens is 314 g/mol. The molecule has 0 amide bonds. The minimum absolute atomic E-state index is 0.0140. The number of carboxylic acids is 1. The zero-order chi connectivity index (χ0) is 17.9. The summed E-state index contributed by atoms with van der Waals surface area (Å²) < 4.78 is 27.2. The van der Waals surface area contributed by atoms with E-state index >= 15 is 0 Å². The Morgan fingerprint density at radius 3 is 2.67 bits per heavy atom. The van der Waals surface area contributed by atoms with Crippen molar-refractivity contribution in [3.8, 4) is 0 Å². The third-order valence-corrected chi connectivity index (χ3v) is 3.55. The van der Waals surface area contributed by atoms with E-state index in [9.17, 15) is 18.7 Å². The van der Waals surface area contributed by atoms with Gasteiger partial charge in [0, 0.05) is 30.1 Å². The van der Waals surface area contributed by atoms with Crippen LogP contribution in [0.15, 0.2) is 60.2 Å². The van der Waals surface area contributed by atoms with E-state index < -0.39 is 17.6 Å². The molecule has 1 aliphatic rings. The molecule has 1 heterocycles. The number of halogens is 2. The van der Waals surface area contributed by atoms with Crippen LogP contribution in [-0.4, -0.2) is 16.0 Å². The summed E-state index contributed by atoms with van der Waals surface area (Å²) in [7, 11) is 0. The summed E-state index contributed by atoms with van der Waals surface area (Å²) >= 11 is 0. The Balaban J connectivity index is 2.32. The van der Waals surface area contributed by atoms with Gasteiger partial charge in [0.2, 0.25) is 0 Å². The van der Waals surface area contributed by atoms with E-state index in [1.165, 1.54) is 11.0 Å². The van der Waals surface area contributed by atoms with Gasteiger partial charge in [-0.1, -0.05) is 12.7 Å². The molecule has 24 heavy (non-hydrogen) atoms. The van der Waals surface area contributed by atoms with Crippen molar-refractivity contribution in [1.82, 2.24) is 10.2 Å². The fourth-order valence-electron chi connectivity index (χ4n) is 2.34. The lowest BCUT2D eigenvalue weighted by Gasteiger charge is -2.27. The average Bonchev–Trinajstić information content (AvgIpc) is 2.52. The topological polar surface area (TPSA) is 52.6 Å². The smallest absolute Gasteiger partial charge is 0.355 e. The molecule has 0 radical (unpaired) electrons. The van der Waals surface area contributed by atoms with E-state index in [1.54, 1.807) is 38.3 Å². The zero-order valence-electron chi connectivity index (χ0n) is 13.4. The summed E-state index contributed by atoms with van der Waals surface area (Å²) in [5.74, 6) is -2.44. The van der Waals surface area contributed by atoms with Crippen molar-refractivity contribution in [2.45, 2.75) is 20.4 Å². The number of rotatable bonds is 5. The van der Waals surface area contributed by atoms with E-state index in [0.717, 1.165) is 6.07 Å². The van der Waals surface area contributed by atoms with Crippen LogP contribution < -0.4 is 5.32 Å². The Hall–Kier alpha value is -2.89. The molecule has 0 saturated heterocycles. The van der Waals surface area contributed by atoms with Crippen molar-refractivity contribution in [3.63, 3.8) is 0 Å². The minimum Gasteiger partial charge on any atom is -0.476 e. The Labute approximate surface area is 139 Å². The van der Waals surface area contributed by atoms with E-state index in [4.69, 9.17) is 0 Å². The molecule has 0 unspecified atom stereocenters. The van der Waals surface area contributed by atoms with E-state index in [0.29, 0.717) is 17.0 Å². The molecule has 1 aromatic carbocycles. The highest BCUT2D eigenvalue weighted by atomic mass is 19.1. The monoisotopic (exact) mass is 332 g/mol. The largest absolute Gasteiger partial charge is 0.476 e. The highest BCUT2D eigenvalue weighted by Crippen LogP contribution is 2.23. The van der Waals surface area contributed by atoms with Gasteiger partial charge in [-0.3, -0.25) is 0 Å². The molecule has 0 atom stereocenters. The molecule has 2 rings (SSSR count).